The lowest BCUT2D eigenvalue weighted by Crippen LogP contribution is -2.21. The molecule has 0 aliphatic heterocycles. The van der Waals surface area contributed by atoms with Gasteiger partial charge in [0.2, 0.25) is 0 Å². The number of nitrogens with zero attached hydrogens (tertiary/aromatic N) is 1. The van der Waals surface area contributed by atoms with Crippen LogP contribution < -0.4 is 10.1 Å². The summed E-state index contributed by atoms with van der Waals surface area (Å²) in [5.41, 5.74) is 1.20. The lowest BCUT2D eigenvalue weighted by atomic mass is 10.2. The van der Waals surface area contributed by atoms with Gasteiger partial charge in [-0.2, -0.15) is 5.26 Å². The summed E-state index contributed by atoms with van der Waals surface area (Å²) < 4.78 is 5.52. The molecule has 0 bridgehead atoms. The van der Waals surface area contributed by atoms with Gasteiger partial charge in [0.05, 0.1) is 6.07 Å². The molecule has 80 valence electrons. The predicted octanol–water partition coefficient (Wildman–Crippen LogP) is 1.88. The predicted molar refractivity (Wildman–Crippen MR) is 59.8 cm³/mol. The molecule has 0 atom stereocenters. The molecule has 1 aromatic rings. The molecule has 0 amide bonds. The fraction of sp³-hybridized carbons (Fsp3) is 0.417. The third-order valence-electron chi connectivity index (χ3n) is 1.95. The number of aryl methyl sites for hydroxylation is 1. The largest absolute Gasteiger partial charge is 0.492 e. The summed E-state index contributed by atoms with van der Waals surface area (Å²) in [6.45, 7) is 4.18. The van der Waals surface area contributed by atoms with E-state index in [1.54, 1.807) is 0 Å². The maximum absolute atomic E-state index is 8.31. The molecule has 0 unspecified atom stereocenters. The molecule has 0 aliphatic rings. The fourth-order valence-corrected chi connectivity index (χ4v) is 1.22. The molecule has 0 aliphatic carbocycles. The highest BCUT2D eigenvalue weighted by atomic mass is 16.5. The fourth-order valence-electron chi connectivity index (χ4n) is 1.22. The molecule has 0 aromatic heterocycles. The van der Waals surface area contributed by atoms with Crippen LogP contribution in [0.3, 0.4) is 0 Å². The Labute approximate surface area is 90.7 Å². The van der Waals surface area contributed by atoms with Gasteiger partial charge in [-0.3, -0.25) is 0 Å². The van der Waals surface area contributed by atoms with Crippen molar-refractivity contribution in [3.8, 4) is 11.8 Å². The van der Waals surface area contributed by atoms with Crippen LogP contribution in [-0.4, -0.2) is 19.7 Å². The second-order valence-corrected chi connectivity index (χ2v) is 3.32. The van der Waals surface area contributed by atoms with Crippen molar-refractivity contribution in [1.82, 2.24) is 5.32 Å². The van der Waals surface area contributed by atoms with E-state index < -0.39 is 0 Å². The molecule has 15 heavy (non-hydrogen) atoms. The Bertz CT molecular complexity index is 331. The zero-order valence-electron chi connectivity index (χ0n) is 8.99. The summed E-state index contributed by atoms with van der Waals surface area (Å²) in [5.74, 6) is 0.900. The molecule has 0 saturated heterocycles. The zero-order chi connectivity index (χ0) is 10.9. The molecule has 1 N–H and O–H groups in total. The average Bonchev–Trinajstić information content (AvgIpc) is 2.23. The summed E-state index contributed by atoms with van der Waals surface area (Å²) in [6, 6.07) is 10.1. The molecule has 0 heterocycles. The first-order chi connectivity index (χ1) is 7.33. The minimum Gasteiger partial charge on any atom is -0.492 e. The van der Waals surface area contributed by atoms with Gasteiger partial charge in [-0.1, -0.05) is 12.1 Å². The van der Waals surface area contributed by atoms with Gasteiger partial charge in [0.1, 0.15) is 12.4 Å². The van der Waals surface area contributed by atoms with Gasteiger partial charge in [0.25, 0.3) is 0 Å². The molecule has 0 spiro atoms. The smallest absolute Gasteiger partial charge is 0.119 e. The first kappa shape index (κ1) is 11.5. The molecule has 0 fully saturated rings. The van der Waals surface area contributed by atoms with Crippen molar-refractivity contribution in [1.29, 1.82) is 5.26 Å². The molecule has 0 radical (unpaired) electrons. The van der Waals surface area contributed by atoms with E-state index in [0.29, 0.717) is 13.0 Å². The number of rotatable bonds is 6. The van der Waals surface area contributed by atoms with Gasteiger partial charge in [-0.05, 0) is 24.6 Å². The van der Waals surface area contributed by atoms with E-state index in [4.69, 9.17) is 10.00 Å². The molecular formula is C12H16N2O. The number of nitriles is 1. The SMILES string of the molecule is Cc1cccc(OCCNCCC#N)c1. The van der Waals surface area contributed by atoms with Gasteiger partial charge in [0, 0.05) is 19.5 Å². The van der Waals surface area contributed by atoms with Crippen molar-refractivity contribution < 1.29 is 4.74 Å². The van der Waals surface area contributed by atoms with E-state index in [2.05, 4.69) is 11.4 Å². The number of nitrogens with one attached hydrogen (secondary N) is 1. The van der Waals surface area contributed by atoms with Crippen molar-refractivity contribution >= 4 is 0 Å². The van der Waals surface area contributed by atoms with Crippen molar-refractivity contribution in [3.63, 3.8) is 0 Å². The van der Waals surface area contributed by atoms with Gasteiger partial charge in [-0.25, -0.2) is 0 Å². The first-order valence-corrected chi connectivity index (χ1v) is 5.10. The first-order valence-electron chi connectivity index (χ1n) is 5.10. The maximum Gasteiger partial charge on any atom is 0.119 e. The van der Waals surface area contributed by atoms with E-state index in [1.807, 2.05) is 31.2 Å². The Hall–Kier alpha value is -1.53. The minimum absolute atomic E-state index is 0.546. The second kappa shape index (κ2) is 6.86. The zero-order valence-corrected chi connectivity index (χ0v) is 8.99. The maximum atomic E-state index is 8.31. The quantitative estimate of drug-likeness (QED) is 0.719. The van der Waals surface area contributed by atoms with Gasteiger partial charge in [-0.15, -0.1) is 0 Å². The van der Waals surface area contributed by atoms with Crippen LogP contribution in [0.5, 0.6) is 5.75 Å². The monoisotopic (exact) mass is 204 g/mol. The summed E-state index contributed by atoms with van der Waals surface area (Å²) >= 11 is 0. The van der Waals surface area contributed by atoms with Crippen molar-refractivity contribution in [2.24, 2.45) is 0 Å². The second-order valence-electron chi connectivity index (χ2n) is 3.32. The van der Waals surface area contributed by atoms with Crippen molar-refractivity contribution in [2.45, 2.75) is 13.3 Å². The van der Waals surface area contributed by atoms with Crippen molar-refractivity contribution in [2.75, 3.05) is 19.7 Å². The third-order valence-corrected chi connectivity index (χ3v) is 1.95. The van der Waals surface area contributed by atoms with Crippen LogP contribution in [-0.2, 0) is 0 Å². The number of benzene rings is 1. The summed E-state index contributed by atoms with van der Waals surface area (Å²) in [7, 11) is 0. The third kappa shape index (κ3) is 5.04. The van der Waals surface area contributed by atoms with E-state index in [-0.39, 0.29) is 0 Å². The van der Waals surface area contributed by atoms with Crippen LogP contribution >= 0.6 is 0 Å². The Balaban J connectivity index is 2.13. The normalized spacial score (nSPS) is 9.60. The number of hydrogen-bond acceptors (Lipinski definition) is 3. The Kier molecular flexibility index (Phi) is 5.28. The highest BCUT2D eigenvalue weighted by Crippen LogP contribution is 2.11. The van der Waals surface area contributed by atoms with E-state index in [9.17, 15) is 0 Å². The Morgan fingerprint density at radius 3 is 3.00 bits per heavy atom. The minimum atomic E-state index is 0.546. The van der Waals surface area contributed by atoms with Crippen LogP contribution in [0.4, 0.5) is 0 Å². The van der Waals surface area contributed by atoms with Gasteiger partial charge in [0.15, 0.2) is 0 Å². The topological polar surface area (TPSA) is 45.0 Å². The van der Waals surface area contributed by atoms with Crippen LogP contribution in [0.15, 0.2) is 24.3 Å². The Morgan fingerprint density at radius 1 is 1.40 bits per heavy atom. The number of ether oxygens (including phenoxy) is 1. The van der Waals surface area contributed by atoms with Crippen LogP contribution in [0.2, 0.25) is 0 Å². The van der Waals surface area contributed by atoms with Gasteiger partial charge >= 0.3 is 0 Å². The van der Waals surface area contributed by atoms with E-state index in [0.717, 1.165) is 18.8 Å². The highest BCUT2D eigenvalue weighted by molar-refractivity contribution is 5.27. The molecule has 0 saturated carbocycles. The lowest BCUT2D eigenvalue weighted by molar-refractivity contribution is 0.314. The van der Waals surface area contributed by atoms with Crippen LogP contribution in [0, 0.1) is 18.3 Å². The molecule has 3 nitrogen and oxygen atoms in total. The summed E-state index contributed by atoms with van der Waals surface area (Å²) in [5, 5.41) is 11.4. The molecule has 1 rings (SSSR count). The standard InChI is InChI=1S/C12H16N2O/c1-11-4-2-5-12(10-11)15-9-8-14-7-3-6-13/h2,4-5,10,14H,3,7-9H2,1H3. The molecular weight excluding hydrogens is 188 g/mol. The molecule has 1 aromatic carbocycles. The summed E-state index contributed by atoms with van der Waals surface area (Å²) in [6.07, 6.45) is 0.546. The highest BCUT2D eigenvalue weighted by Gasteiger charge is 1.93. The van der Waals surface area contributed by atoms with Crippen LogP contribution in [0.1, 0.15) is 12.0 Å². The lowest BCUT2D eigenvalue weighted by Gasteiger charge is -2.06. The molecule has 3 heteroatoms. The summed E-state index contributed by atoms with van der Waals surface area (Å²) in [4.78, 5) is 0. The average molecular weight is 204 g/mol. The van der Waals surface area contributed by atoms with E-state index in [1.165, 1.54) is 5.56 Å². The van der Waals surface area contributed by atoms with E-state index >= 15 is 0 Å². The Morgan fingerprint density at radius 2 is 2.27 bits per heavy atom. The van der Waals surface area contributed by atoms with Crippen molar-refractivity contribution in [3.05, 3.63) is 29.8 Å². The number of hydrogen-bond donors (Lipinski definition) is 1. The van der Waals surface area contributed by atoms with Gasteiger partial charge < -0.3 is 10.1 Å². The van der Waals surface area contributed by atoms with Crippen LogP contribution in [0.25, 0.3) is 0 Å².